The zero-order valence-electron chi connectivity index (χ0n) is 16.9. The average Bonchev–Trinajstić information content (AvgIpc) is 3.04. The van der Waals surface area contributed by atoms with E-state index in [9.17, 15) is 0 Å². The molecular formula is C25H37N. The molecule has 1 aromatic rings. The van der Waals surface area contributed by atoms with Crippen molar-refractivity contribution in [2.45, 2.75) is 84.5 Å². The molecule has 5 rings (SSSR count). The zero-order chi connectivity index (χ0) is 17.8. The van der Waals surface area contributed by atoms with E-state index in [1.807, 2.05) is 6.20 Å². The molecule has 4 aliphatic rings. The molecule has 0 aromatic carbocycles. The molecule has 142 valence electrons. The summed E-state index contributed by atoms with van der Waals surface area (Å²) in [4.78, 5) is 4.42. The van der Waals surface area contributed by atoms with E-state index in [1.165, 1.54) is 76.2 Å². The van der Waals surface area contributed by atoms with Gasteiger partial charge in [0, 0.05) is 12.4 Å². The van der Waals surface area contributed by atoms with Crippen molar-refractivity contribution in [2.75, 3.05) is 0 Å². The molecule has 0 N–H and O–H groups in total. The topological polar surface area (TPSA) is 12.9 Å². The summed E-state index contributed by atoms with van der Waals surface area (Å²) in [7, 11) is 0. The van der Waals surface area contributed by atoms with Gasteiger partial charge in [-0.2, -0.15) is 0 Å². The average molecular weight is 352 g/mol. The minimum atomic E-state index is 0.623. The van der Waals surface area contributed by atoms with Crippen molar-refractivity contribution < 1.29 is 0 Å². The van der Waals surface area contributed by atoms with Gasteiger partial charge >= 0.3 is 0 Å². The van der Waals surface area contributed by atoms with E-state index in [2.05, 4.69) is 37.2 Å². The Balaban J connectivity index is 1.48. The molecule has 0 amide bonds. The lowest BCUT2D eigenvalue weighted by atomic mass is 9.43. The summed E-state index contributed by atoms with van der Waals surface area (Å²) < 4.78 is 0. The van der Waals surface area contributed by atoms with Gasteiger partial charge in [-0.3, -0.25) is 4.98 Å². The van der Waals surface area contributed by atoms with E-state index >= 15 is 0 Å². The van der Waals surface area contributed by atoms with Gasteiger partial charge in [-0.15, -0.1) is 0 Å². The van der Waals surface area contributed by atoms with Crippen molar-refractivity contribution in [1.82, 2.24) is 4.98 Å². The molecule has 4 fully saturated rings. The molecule has 7 atom stereocenters. The Hall–Kier alpha value is -0.850. The van der Waals surface area contributed by atoms with Gasteiger partial charge in [0.25, 0.3) is 0 Å². The molecule has 2 unspecified atom stereocenters. The van der Waals surface area contributed by atoms with Crippen molar-refractivity contribution in [3.8, 4) is 0 Å². The maximum atomic E-state index is 4.42. The quantitative estimate of drug-likeness (QED) is 0.579. The smallest absolute Gasteiger partial charge is 0.0299 e. The first kappa shape index (κ1) is 17.3. The molecule has 0 aliphatic heterocycles. The molecule has 1 heterocycles. The van der Waals surface area contributed by atoms with Gasteiger partial charge in [0.1, 0.15) is 0 Å². The predicted octanol–water partition coefficient (Wildman–Crippen LogP) is 6.67. The number of nitrogens with zero attached hydrogens (tertiary/aromatic N) is 1. The van der Waals surface area contributed by atoms with Gasteiger partial charge in [0.2, 0.25) is 0 Å². The van der Waals surface area contributed by atoms with Crippen molar-refractivity contribution in [1.29, 1.82) is 0 Å². The van der Waals surface area contributed by atoms with Crippen LogP contribution in [0.2, 0.25) is 0 Å². The van der Waals surface area contributed by atoms with Crippen LogP contribution in [-0.2, 0) is 6.42 Å². The first-order chi connectivity index (χ1) is 12.6. The van der Waals surface area contributed by atoms with Crippen LogP contribution in [-0.4, -0.2) is 4.98 Å². The number of aromatic nitrogens is 1. The van der Waals surface area contributed by atoms with Crippen LogP contribution in [0.25, 0.3) is 0 Å². The fourth-order valence-corrected chi connectivity index (χ4v) is 8.61. The highest BCUT2D eigenvalue weighted by Crippen LogP contribution is 2.67. The van der Waals surface area contributed by atoms with Crippen LogP contribution < -0.4 is 0 Å². The lowest BCUT2D eigenvalue weighted by Gasteiger charge is -2.62. The molecule has 4 saturated carbocycles. The third-order valence-electron chi connectivity index (χ3n) is 9.76. The highest BCUT2D eigenvalue weighted by atomic mass is 14.6. The fourth-order valence-electron chi connectivity index (χ4n) is 8.61. The minimum Gasteiger partial charge on any atom is -0.264 e. The van der Waals surface area contributed by atoms with Crippen LogP contribution in [0.3, 0.4) is 0 Å². The van der Waals surface area contributed by atoms with Gasteiger partial charge in [-0.25, -0.2) is 0 Å². The standard InChI is InChI=1S/C25H37N/c1-24-11-5-9-22(24)20-16-19(15-18-7-6-14-26-17-18)21-8-3-4-12-25(21,2)23(20)10-13-24/h6-7,14,17,19-23H,3-5,8-13,15-16H2,1-2H3/t19?,20-,21?,22-,23+,24-,25-/m0/s1. The van der Waals surface area contributed by atoms with E-state index in [4.69, 9.17) is 0 Å². The number of fused-ring (bicyclic) bond motifs is 5. The maximum Gasteiger partial charge on any atom is 0.0299 e. The number of hydrogen-bond donors (Lipinski definition) is 0. The first-order valence-corrected chi connectivity index (χ1v) is 11.5. The van der Waals surface area contributed by atoms with Gasteiger partial charge in [-0.05, 0) is 103 Å². The predicted molar refractivity (Wildman–Crippen MR) is 108 cm³/mol. The van der Waals surface area contributed by atoms with Crippen LogP contribution in [0.15, 0.2) is 24.5 Å². The Morgan fingerprint density at radius 3 is 2.69 bits per heavy atom. The molecule has 4 aliphatic carbocycles. The summed E-state index contributed by atoms with van der Waals surface area (Å²) in [6.45, 7) is 5.37. The van der Waals surface area contributed by atoms with Crippen molar-refractivity contribution in [2.24, 2.45) is 40.4 Å². The summed E-state index contributed by atoms with van der Waals surface area (Å²) in [5, 5.41) is 0. The van der Waals surface area contributed by atoms with E-state index in [0.29, 0.717) is 10.8 Å². The summed E-state index contributed by atoms with van der Waals surface area (Å²) in [5.41, 5.74) is 2.78. The Morgan fingerprint density at radius 2 is 1.85 bits per heavy atom. The van der Waals surface area contributed by atoms with Crippen LogP contribution in [0.5, 0.6) is 0 Å². The monoisotopic (exact) mass is 351 g/mol. The second-order valence-electron chi connectivity index (χ2n) is 10.9. The van der Waals surface area contributed by atoms with E-state index < -0.39 is 0 Å². The lowest BCUT2D eigenvalue weighted by Crippen LogP contribution is -2.55. The molecule has 0 saturated heterocycles. The Morgan fingerprint density at radius 1 is 0.962 bits per heavy atom. The van der Waals surface area contributed by atoms with Crippen LogP contribution in [0.4, 0.5) is 0 Å². The third-order valence-corrected chi connectivity index (χ3v) is 9.76. The second-order valence-corrected chi connectivity index (χ2v) is 10.9. The fraction of sp³-hybridized carbons (Fsp3) is 0.800. The lowest BCUT2D eigenvalue weighted by molar-refractivity contribution is -0.129. The Bertz CT molecular complexity index is 639. The minimum absolute atomic E-state index is 0.623. The van der Waals surface area contributed by atoms with Crippen molar-refractivity contribution >= 4 is 0 Å². The summed E-state index contributed by atoms with van der Waals surface area (Å²) in [5.74, 6) is 4.92. The Labute approximate surface area is 160 Å². The molecule has 26 heavy (non-hydrogen) atoms. The van der Waals surface area contributed by atoms with E-state index in [-0.39, 0.29) is 0 Å². The summed E-state index contributed by atoms with van der Waals surface area (Å²) in [6.07, 6.45) is 20.4. The summed E-state index contributed by atoms with van der Waals surface area (Å²) in [6, 6.07) is 4.45. The largest absolute Gasteiger partial charge is 0.264 e. The first-order valence-electron chi connectivity index (χ1n) is 11.5. The molecular weight excluding hydrogens is 314 g/mol. The number of rotatable bonds is 2. The van der Waals surface area contributed by atoms with E-state index in [1.54, 1.807) is 0 Å². The van der Waals surface area contributed by atoms with Gasteiger partial charge in [0.15, 0.2) is 0 Å². The van der Waals surface area contributed by atoms with E-state index in [0.717, 1.165) is 29.6 Å². The maximum absolute atomic E-state index is 4.42. The van der Waals surface area contributed by atoms with Crippen molar-refractivity contribution in [3.63, 3.8) is 0 Å². The van der Waals surface area contributed by atoms with Crippen molar-refractivity contribution in [3.05, 3.63) is 30.1 Å². The normalized spacial score (nSPS) is 47.7. The molecule has 1 nitrogen and oxygen atoms in total. The van der Waals surface area contributed by atoms with Crippen LogP contribution >= 0.6 is 0 Å². The number of hydrogen-bond acceptors (Lipinski definition) is 1. The van der Waals surface area contributed by atoms with Gasteiger partial charge in [0.05, 0.1) is 0 Å². The SMILES string of the molecule is C[C@@]12CCC[C@H]1[C@@H]1CC(Cc3cccnc3)C3CCCC[C@]3(C)[C@@H]1CC2. The highest BCUT2D eigenvalue weighted by Gasteiger charge is 2.59. The zero-order valence-corrected chi connectivity index (χ0v) is 16.9. The highest BCUT2D eigenvalue weighted by molar-refractivity contribution is 5.14. The molecule has 0 spiro atoms. The molecule has 1 heteroatoms. The molecule has 0 radical (unpaired) electrons. The third kappa shape index (κ3) is 2.60. The van der Waals surface area contributed by atoms with Gasteiger partial charge in [-0.1, -0.05) is 39.2 Å². The molecule has 0 bridgehead atoms. The van der Waals surface area contributed by atoms with Crippen LogP contribution in [0.1, 0.15) is 83.6 Å². The summed E-state index contributed by atoms with van der Waals surface area (Å²) >= 11 is 0. The van der Waals surface area contributed by atoms with Gasteiger partial charge < -0.3 is 0 Å². The number of pyridine rings is 1. The Kier molecular flexibility index (Phi) is 4.22. The molecule has 1 aromatic heterocycles. The second kappa shape index (κ2) is 6.35. The van der Waals surface area contributed by atoms with Crippen LogP contribution in [0, 0.1) is 40.4 Å².